The third-order valence-electron chi connectivity index (χ3n) is 3.71. The van der Waals surface area contributed by atoms with Crippen LogP contribution in [0.15, 0.2) is 0 Å². The topological polar surface area (TPSA) is 78.4 Å². The van der Waals surface area contributed by atoms with E-state index < -0.39 is 5.97 Å². The van der Waals surface area contributed by atoms with Gasteiger partial charge in [0.1, 0.15) is 0 Å². The molecule has 1 aliphatic carbocycles. The van der Waals surface area contributed by atoms with E-state index in [2.05, 4.69) is 10.6 Å². The second kappa shape index (κ2) is 8.77. The van der Waals surface area contributed by atoms with Gasteiger partial charge in [-0.15, -0.1) is 0 Å². The first-order chi connectivity index (χ1) is 9.11. The molecule has 2 amide bonds. The minimum atomic E-state index is -0.871. The third-order valence-corrected chi connectivity index (χ3v) is 3.71. The van der Waals surface area contributed by atoms with Crippen molar-refractivity contribution < 1.29 is 14.7 Å². The largest absolute Gasteiger partial charge is 0.481 e. The van der Waals surface area contributed by atoms with Crippen LogP contribution in [0, 0.1) is 5.92 Å². The van der Waals surface area contributed by atoms with Crippen LogP contribution in [0.4, 0.5) is 4.79 Å². The molecule has 1 atom stereocenters. The van der Waals surface area contributed by atoms with Crippen molar-refractivity contribution in [2.45, 2.75) is 64.3 Å². The van der Waals surface area contributed by atoms with Crippen molar-refractivity contribution >= 4 is 12.0 Å². The zero-order valence-electron chi connectivity index (χ0n) is 11.8. The lowest BCUT2D eigenvalue weighted by Crippen LogP contribution is -2.43. The lowest BCUT2D eigenvalue weighted by atomic mass is 10.0. The normalized spacial score (nSPS) is 17.1. The highest BCUT2D eigenvalue weighted by Gasteiger charge is 2.16. The summed E-state index contributed by atoms with van der Waals surface area (Å²) in [6.45, 7) is 2.66. The number of carbonyl (C=O) groups is 2. The molecule has 0 heterocycles. The summed E-state index contributed by atoms with van der Waals surface area (Å²) >= 11 is 0. The van der Waals surface area contributed by atoms with Gasteiger partial charge in [-0.1, -0.05) is 39.0 Å². The zero-order valence-corrected chi connectivity index (χ0v) is 11.8. The molecule has 110 valence electrons. The molecule has 3 N–H and O–H groups in total. The van der Waals surface area contributed by atoms with Crippen LogP contribution in [0.3, 0.4) is 0 Å². The van der Waals surface area contributed by atoms with Crippen molar-refractivity contribution in [3.63, 3.8) is 0 Å². The van der Waals surface area contributed by atoms with Crippen molar-refractivity contribution in [2.24, 2.45) is 5.92 Å². The molecular weight excluding hydrogens is 244 g/mol. The Morgan fingerprint density at radius 3 is 2.58 bits per heavy atom. The Morgan fingerprint density at radius 2 is 2.00 bits per heavy atom. The number of hydrogen-bond acceptors (Lipinski definition) is 2. The molecule has 0 aromatic heterocycles. The monoisotopic (exact) mass is 270 g/mol. The van der Waals surface area contributed by atoms with Gasteiger partial charge < -0.3 is 15.7 Å². The van der Waals surface area contributed by atoms with Crippen LogP contribution in [0.5, 0.6) is 0 Å². The first-order valence-corrected chi connectivity index (χ1v) is 7.38. The molecule has 1 saturated carbocycles. The van der Waals surface area contributed by atoms with E-state index in [1.165, 1.54) is 25.7 Å². The number of aliphatic carboxylic acids is 1. The minimum Gasteiger partial charge on any atom is -0.481 e. The molecule has 0 saturated heterocycles. The van der Waals surface area contributed by atoms with Gasteiger partial charge in [-0.25, -0.2) is 4.79 Å². The first kappa shape index (κ1) is 15.8. The summed E-state index contributed by atoms with van der Waals surface area (Å²) in [5.41, 5.74) is 0. The SMILES string of the molecule is CCCC(CC(=O)O)NC(=O)NCCC1CCCC1. The van der Waals surface area contributed by atoms with Gasteiger partial charge in [-0.3, -0.25) is 4.79 Å². The highest BCUT2D eigenvalue weighted by molar-refractivity contribution is 5.75. The Kier molecular flexibility index (Phi) is 7.30. The van der Waals surface area contributed by atoms with Gasteiger partial charge >= 0.3 is 12.0 Å². The summed E-state index contributed by atoms with van der Waals surface area (Å²) in [7, 11) is 0. The number of hydrogen-bond donors (Lipinski definition) is 3. The fourth-order valence-corrected chi connectivity index (χ4v) is 2.71. The zero-order chi connectivity index (χ0) is 14.1. The average molecular weight is 270 g/mol. The van der Waals surface area contributed by atoms with E-state index in [-0.39, 0.29) is 18.5 Å². The van der Waals surface area contributed by atoms with Gasteiger partial charge in [0.25, 0.3) is 0 Å². The van der Waals surface area contributed by atoms with Gasteiger partial charge in [0.05, 0.1) is 6.42 Å². The van der Waals surface area contributed by atoms with E-state index in [0.717, 1.165) is 18.8 Å². The number of carboxylic acid groups (broad SMARTS) is 1. The highest BCUT2D eigenvalue weighted by Crippen LogP contribution is 2.26. The van der Waals surface area contributed by atoms with Crippen molar-refractivity contribution in [2.75, 3.05) is 6.54 Å². The molecule has 0 bridgehead atoms. The molecule has 1 fully saturated rings. The standard InChI is InChI=1S/C14H26N2O3/c1-2-5-12(10-13(17)18)16-14(19)15-9-8-11-6-3-4-7-11/h11-12H,2-10H2,1H3,(H,17,18)(H2,15,16,19). The van der Waals surface area contributed by atoms with Gasteiger partial charge in [0.2, 0.25) is 0 Å². The lowest BCUT2D eigenvalue weighted by molar-refractivity contribution is -0.137. The Labute approximate surface area is 115 Å². The van der Waals surface area contributed by atoms with Crippen LogP contribution < -0.4 is 10.6 Å². The summed E-state index contributed by atoms with van der Waals surface area (Å²) in [6, 6.07) is -0.508. The predicted octanol–water partition coefficient (Wildman–Crippen LogP) is 2.51. The predicted molar refractivity (Wildman–Crippen MR) is 74.1 cm³/mol. The number of urea groups is 1. The molecule has 1 rings (SSSR count). The molecule has 1 unspecified atom stereocenters. The summed E-state index contributed by atoms with van der Waals surface area (Å²) in [5.74, 6) is -0.115. The van der Waals surface area contributed by atoms with Gasteiger partial charge in [0.15, 0.2) is 0 Å². The van der Waals surface area contributed by atoms with Gasteiger partial charge in [-0.2, -0.15) is 0 Å². The Morgan fingerprint density at radius 1 is 1.32 bits per heavy atom. The summed E-state index contributed by atoms with van der Waals surface area (Å²) in [5, 5.41) is 14.3. The van der Waals surface area contributed by atoms with Crippen LogP contribution in [0.1, 0.15) is 58.3 Å². The molecular formula is C14H26N2O3. The smallest absolute Gasteiger partial charge is 0.315 e. The molecule has 0 spiro atoms. The lowest BCUT2D eigenvalue weighted by Gasteiger charge is -2.17. The van der Waals surface area contributed by atoms with Crippen molar-refractivity contribution in [1.29, 1.82) is 0 Å². The molecule has 0 aromatic carbocycles. The van der Waals surface area contributed by atoms with Crippen LogP contribution >= 0.6 is 0 Å². The van der Waals surface area contributed by atoms with Crippen molar-refractivity contribution in [3.8, 4) is 0 Å². The molecule has 0 aromatic rings. The van der Waals surface area contributed by atoms with Crippen LogP contribution in [-0.4, -0.2) is 29.7 Å². The third kappa shape index (κ3) is 7.03. The molecule has 1 aliphatic rings. The number of carboxylic acids is 1. The number of amides is 2. The van der Waals surface area contributed by atoms with Gasteiger partial charge in [0, 0.05) is 12.6 Å². The van der Waals surface area contributed by atoms with E-state index in [1.807, 2.05) is 6.92 Å². The maximum Gasteiger partial charge on any atom is 0.315 e. The highest BCUT2D eigenvalue weighted by atomic mass is 16.4. The van der Waals surface area contributed by atoms with E-state index in [1.54, 1.807) is 0 Å². The first-order valence-electron chi connectivity index (χ1n) is 7.38. The molecule has 5 nitrogen and oxygen atoms in total. The maximum atomic E-state index is 11.7. The van der Waals surface area contributed by atoms with Gasteiger partial charge in [-0.05, 0) is 18.8 Å². The van der Waals surface area contributed by atoms with E-state index in [9.17, 15) is 9.59 Å². The fraction of sp³-hybridized carbons (Fsp3) is 0.857. The Bertz CT molecular complexity index is 288. The van der Waals surface area contributed by atoms with Crippen molar-refractivity contribution in [1.82, 2.24) is 10.6 Å². The fourth-order valence-electron chi connectivity index (χ4n) is 2.71. The molecule has 0 radical (unpaired) electrons. The number of nitrogens with one attached hydrogen (secondary N) is 2. The average Bonchev–Trinajstić information content (AvgIpc) is 2.81. The summed E-state index contributed by atoms with van der Waals surface area (Å²) < 4.78 is 0. The Hall–Kier alpha value is -1.26. The van der Waals surface area contributed by atoms with Crippen LogP contribution in [0.2, 0.25) is 0 Å². The molecule has 0 aliphatic heterocycles. The van der Waals surface area contributed by atoms with Crippen LogP contribution in [0.25, 0.3) is 0 Å². The van der Waals surface area contributed by atoms with E-state index in [0.29, 0.717) is 13.0 Å². The van der Waals surface area contributed by atoms with Crippen molar-refractivity contribution in [3.05, 3.63) is 0 Å². The minimum absolute atomic E-state index is 0.0100. The molecule has 5 heteroatoms. The molecule has 19 heavy (non-hydrogen) atoms. The van der Waals surface area contributed by atoms with E-state index >= 15 is 0 Å². The maximum absolute atomic E-state index is 11.7. The quantitative estimate of drug-likeness (QED) is 0.634. The second-order valence-corrected chi connectivity index (χ2v) is 5.42. The van der Waals surface area contributed by atoms with Crippen LogP contribution in [-0.2, 0) is 4.79 Å². The summed E-state index contributed by atoms with van der Waals surface area (Å²) in [6.07, 6.45) is 7.76. The summed E-state index contributed by atoms with van der Waals surface area (Å²) in [4.78, 5) is 22.4. The van der Waals surface area contributed by atoms with E-state index in [4.69, 9.17) is 5.11 Å². The number of rotatable bonds is 8. The Balaban J connectivity index is 2.17. The number of carbonyl (C=O) groups excluding carboxylic acids is 1. The second-order valence-electron chi connectivity index (χ2n) is 5.42.